The molecule has 0 saturated heterocycles. The molecule has 0 saturated carbocycles. The minimum absolute atomic E-state index is 0.366. The molecule has 0 spiro atoms. The number of ether oxygens (including phenoxy) is 1. The molecule has 0 atom stereocenters. The molecular weight excluding hydrogens is 338 g/mol. The van der Waals surface area contributed by atoms with Crippen LogP contribution in [0.25, 0.3) is 0 Å². The van der Waals surface area contributed by atoms with Gasteiger partial charge in [-0.05, 0) is 52.0 Å². The lowest BCUT2D eigenvalue weighted by atomic mass is 10.0. The minimum Gasteiger partial charge on any atom is -0.438 e. The molecule has 2 nitrogen and oxygen atoms in total. The van der Waals surface area contributed by atoms with E-state index in [9.17, 15) is 0 Å². The maximum atomic E-state index is 6.01. The predicted octanol–water partition coefficient (Wildman–Crippen LogP) is 5.81. The summed E-state index contributed by atoms with van der Waals surface area (Å²) in [5, 5.41) is 0. The molecule has 0 amide bonds. The van der Waals surface area contributed by atoms with Gasteiger partial charge in [-0.1, -0.05) is 26.0 Å². The summed E-state index contributed by atoms with van der Waals surface area (Å²) >= 11 is 9.36. The van der Waals surface area contributed by atoms with E-state index in [1.165, 1.54) is 5.56 Å². The second kappa shape index (κ2) is 6.59. The first-order chi connectivity index (χ1) is 9.51. The van der Waals surface area contributed by atoms with E-state index in [4.69, 9.17) is 16.3 Å². The Morgan fingerprint density at radius 3 is 2.70 bits per heavy atom. The molecule has 1 aromatic heterocycles. The fourth-order valence-corrected chi connectivity index (χ4v) is 2.54. The smallest absolute Gasteiger partial charge is 0.223 e. The summed E-state index contributed by atoms with van der Waals surface area (Å²) in [6, 6.07) is 8.17. The Balaban J connectivity index is 2.41. The average Bonchev–Trinajstić information content (AvgIpc) is 2.40. The van der Waals surface area contributed by atoms with Gasteiger partial charge in [-0.15, -0.1) is 11.6 Å². The summed E-state index contributed by atoms with van der Waals surface area (Å²) in [6.07, 6.45) is 1.72. The molecule has 4 heteroatoms. The van der Waals surface area contributed by atoms with Crippen LogP contribution in [-0.2, 0) is 5.88 Å². The molecule has 1 heterocycles. The van der Waals surface area contributed by atoms with E-state index >= 15 is 0 Å². The van der Waals surface area contributed by atoms with Crippen LogP contribution in [0.4, 0.5) is 0 Å². The number of hydrogen-bond acceptors (Lipinski definition) is 2. The van der Waals surface area contributed by atoms with E-state index in [-0.39, 0.29) is 0 Å². The van der Waals surface area contributed by atoms with Crippen molar-refractivity contribution in [2.45, 2.75) is 32.6 Å². The molecule has 0 aliphatic carbocycles. The van der Waals surface area contributed by atoms with Crippen LogP contribution < -0.4 is 4.74 Å². The second-order valence-corrected chi connectivity index (χ2v) is 6.23. The number of aryl methyl sites for hydroxylation is 1. The van der Waals surface area contributed by atoms with Crippen LogP contribution in [0.2, 0.25) is 0 Å². The third-order valence-corrected chi connectivity index (χ3v) is 3.76. The summed E-state index contributed by atoms with van der Waals surface area (Å²) in [5.74, 6) is 2.17. The zero-order valence-corrected chi connectivity index (χ0v) is 14.1. The molecule has 0 bridgehead atoms. The standard InChI is InChI=1S/C16H17BrClNO/c1-10(2)14-5-4-11(3)6-15(14)20-16-12(8-18)7-13(17)9-19-16/h4-7,9-10H,8H2,1-3H3. The summed E-state index contributed by atoms with van der Waals surface area (Å²) in [5.41, 5.74) is 3.20. The highest BCUT2D eigenvalue weighted by Gasteiger charge is 2.12. The minimum atomic E-state index is 0.366. The lowest BCUT2D eigenvalue weighted by molar-refractivity contribution is 0.449. The molecular formula is C16H17BrClNO. The second-order valence-electron chi connectivity index (χ2n) is 5.05. The van der Waals surface area contributed by atoms with Crippen LogP contribution in [0.1, 0.15) is 36.5 Å². The van der Waals surface area contributed by atoms with Crippen LogP contribution >= 0.6 is 27.5 Å². The van der Waals surface area contributed by atoms with Crippen LogP contribution in [0, 0.1) is 6.92 Å². The zero-order valence-electron chi connectivity index (χ0n) is 11.8. The Bertz CT molecular complexity index is 613. The van der Waals surface area contributed by atoms with Crippen molar-refractivity contribution in [2.75, 3.05) is 0 Å². The molecule has 0 radical (unpaired) electrons. The summed E-state index contributed by atoms with van der Waals surface area (Å²) in [4.78, 5) is 4.32. The van der Waals surface area contributed by atoms with Crippen LogP contribution in [0.5, 0.6) is 11.6 Å². The normalized spacial score (nSPS) is 10.9. The van der Waals surface area contributed by atoms with Gasteiger partial charge in [-0.2, -0.15) is 0 Å². The van der Waals surface area contributed by atoms with Crippen LogP contribution in [-0.4, -0.2) is 4.98 Å². The lowest BCUT2D eigenvalue weighted by Gasteiger charge is -2.15. The number of nitrogens with zero attached hydrogens (tertiary/aromatic N) is 1. The third kappa shape index (κ3) is 3.53. The zero-order chi connectivity index (χ0) is 14.7. The van der Waals surface area contributed by atoms with Crippen LogP contribution in [0.15, 0.2) is 34.9 Å². The summed E-state index contributed by atoms with van der Waals surface area (Å²) in [6.45, 7) is 6.35. The van der Waals surface area contributed by atoms with Crippen molar-refractivity contribution < 1.29 is 4.74 Å². The highest BCUT2D eigenvalue weighted by atomic mass is 79.9. The van der Waals surface area contributed by atoms with Crippen molar-refractivity contribution in [3.8, 4) is 11.6 Å². The number of rotatable bonds is 4. The Morgan fingerprint density at radius 2 is 2.05 bits per heavy atom. The van der Waals surface area contributed by atoms with Crippen molar-refractivity contribution in [1.29, 1.82) is 0 Å². The Kier molecular flexibility index (Phi) is 5.06. The topological polar surface area (TPSA) is 22.1 Å². The summed E-state index contributed by atoms with van der Waals surface area (Å²) < 4.78 is 6.91. The molecule has 0 unspecified atom stereocenters. The largest absolute Gasteiger partial charge is 0.438 e. The van der Waals surface area contributed by atoms with Gasteiger partial charge in [0.1, 0.15) is 5.75 Å². The van der Waals surface area contributed by atoms with Gasteiger partial charge in [-0.3, -0.25) is 0 Å². The fraction of sp³-hybridized carbons (Fsp3) is 0.312. The van der Waals surface area contributed by atoms with Crippen molar-refractivity contribution >= 4 is 27.5 Å². The van der Waals surface area contributed by atoms with E-state index in [2.05, 4.69) is 53.8 Å². The Morgan fingerprint density at radius 1 is 1.30 bits per heavy atom. The first-order valence-corrected chi connectivity index (χ1v) is 7.82. The molecule has 20 heavy (non-hydrogen) atoms. The van der Waals surface area contributed by atoms with Gasteiger partial charge in [0.25, 0.3) is 0 Å². The van der Waals surface area contributed by atoms with Crippen molar-refractivity contribution in [3.63, 3.8) is 0 Å². The number of hydrogen-bond donors (Lipinski definition) is 0. The van der Waals surface area contributed by atoms with Gasteiger partial charge < -0.3 is 4.74 Å². The van der Waals surface area contributed by atoms with Gasteiger partial charge in [0, 0.05) is 16.2 Å². The fourth-order valence-electron chi connectivity index (χ4n) is 1.97. The van der Waals surface area contributed by atoms with E-state index in [0.717, 1.165) is 21.3 Å². The molecule has 0 aliphatic rings. The van der Waals surface area contributed by atoms with Crippen molar-refractivity contribution in [2.24, 2.45) is 0 Å². The highest BCUT2D eigenvalue weighted by Crippen LogP contribution is 2.33. The van der Waals surface area contributed by atoms with E-state index < -0.39 is 0 Å². The van der Waals surface area contributed by atoms with Crippen molar-refractivity contribution in [1.82, 2.24) is 4.98 Å². The predicted molar refractivity (Wildman–Crippen MR) is 86.8 cm³/mol. The number of benzene rings is 1. The maximum absolute atomic E-state index is 6.01. The number of alkyl halides is 1. The van der Waals surface area contributed by atoms with Gasteiger partial charge in [0.15, 0.2) is 0 Å². The number of halogens is 2. The van der Waals surface area contributed by atoms with Crippen molar-refractivity contribution in [3.05, 3.63) is 51.6 Å². The molecule has 2 rings (SSSR count). The van der Waals surface area contributed by atoms with E-state index in [1.807, 2.05) is 12.1 Å². The number of aromatic nitrogens is 1. The number of pyridine rings is 1. The van der Waals surface area contributed by atoms with Crippen LogP contribution in [0.3, 0.4) is 0 Å². The van der Waals surface area contributed by atoms with Gasteiger partial charge >= 0.3 is 0 Å². The SMILES string of the molecule is Cc1ccc(C(C)C)c(Oc2ncc(Br)cc2CCl)c1. The van der Waals surface area contributed by atoms with E-state index in [1.54, 1.807) is 6.20 Å². The quantitative estimate of drug-likeness (QED) is 0.647. The lowest BCUT2D eigenvalue weighted by Crippen LogP contribution is -1.98. The molecule has 1 aromatic carbocycles. The molecule has 2 aromatic rings. The van der Waals surface area contributed by atoms with Gasteiger partial charge in [0.05, 0.1) is 5.88 Å². The molecule has 0 fully saturated rings. The van der Waals surface area contributed by atoms with Gasteiger partial charge in [0.2, 0.25) is 5.88 Å². The molecule has 0 aliphatic heterocycles. The Labute approximate surface area is 133 Å². The first-order valence-electron chi connectivity index (χ1n) is 6.50. The third-order valence-electron chi connectivity index (χ3n) is 3.03. The average molecular weight is 355 g/mol. The first kappa shape index (κ1) is 15.3. The molecule has 106 valence electrons. The monoisotopic (exact) mass is 353 g/mol. The van der Waals surface area contributed by atoms with E-state index in [0.29, 0.717) is 17.7 Å². The maximum Gasteiger partial charge on any atom is 0.223 e. The Hall–Kier alpha value is -1.06. The molecule has 0 N–H and O–H groups in total. The summed E-state index contributed by atoms with van der Waals surface area (Å²) in [7, 11) is 0. The van der Waals surface area contributed by atoms with Gasteiger partial charge in [-0.25, -0.2) is 4.98 Å². The highest BCUT2D eigenvalue weighted by molar-refractivity contribution is 9.10.